The van der Waals surface area contributed by atoms with Crippen LogP contribution in [-0.2, 0) is 14.8 Å². The van der Waals surface area contributed by atoms with Crippen LogP contribution in [0.5, 0.6) is 5.75 Å². The van der Waals surface area contributed by atoms with Crippen molar-refractivity contribution in [1.82, 2.24) is 9.55 Å². The Hall–Kier alpha value is -3.81. The van der Waals surface area contributed by atoms with Crippen molar-refractivity contribution in [2.45, 2.75) is 28.8 Å². The monoisotopic (exact) mass is 546 g/mol. The Labute approximate surface area is 214 Å². The average Bonchev–Trinajstić information content (AvgIpc) is 2.84. The Morgan fingerprint density at radius 1 is 1.05 bits per heavy atom. The van der Waals surface area contributed by atoms with Gasteiger partial charge < -0.3 is 10.1 Å². The van der Waals surface area contributed by atoms with Crippen LogP contribution in [0.2, 0.25) is 0 Å². The number of carbonyl (C=O) groups is 1. The van der Waals surface area contributed by atoms with Gasteiger partial charge in [0.05, 0.1) is 26.7 Å². The predicted octanol–water partition coefficient (Wildman–Crippen LogP) is 3.75. The molecule has 1 atom stereocenters. The molecule has 4 rings (SSSR count). The third kappa shape index (κ3) is 6.13. The molecule has 1 aromatic heterocycles. The third-order valence-electron chi connectivity index (χ3n) is 5.17. The van der Waals surface area contributed by atoms with E-state index in [-0.39, 0.29) is 15.8 Å². The minimum Gasteiger partial charge on any atom is -0.435 e. The fraction of sp³-hybridized carbons (Fsp3) is 0.125. The zero-order valence-corrected chi connectivity index (χ0v) is 20.8. The number of hydrogen-bond donors (Lipinski definition) is 2. The van der Waals surface area contributed by atoms with E-state index in [2.05, 4.69) is 15.0 Å². The van der Waals surface area contributed by atoms with Gasteiger partial charge in [-0.3, -0.25) is 14.2 Å². The van der Waals surface area contributed by atoms with Crippen LogP contribution < -0.4 is 20.8 Å². The van der Waals surface area contributed by atoms with E-state index >= 15 is 0 Å². The number of aromatic nitrogens is 2. The highest BCUT2D eigenvalue weighted by Gasteiger charge is 2.21. The van der Waals surface area contributed by atoms with Gasteiger partial charge in [0.2, 0.25) is 15.9 Å². The summed E-state index contributed by atoms with van der Waals surface area (Å²) in [6.45, 7) is -1.37. The van der Waals surface area contributed by atoms with E-state index in [1.54, 1.807) is 31.2 Å². The number of rotatable bonds is 8. The zero-order valence-electron chi connectivity index (χ0n) is 19.2. The van der Waals surface area contributed by atoms with Crippen molar-refractivity contribution < 1.29 is 26.7 Å². The van der Waals surface area contributed by atoms with Gasteiger partial charge in [-0.2, -0.15) is 8.78 Å². The number of halogens is 2. The van der Waals surface area contributed by atoms with Crippen molar-refractivity contribution in [3.63, 3.8) is 0 Å². The van der Waals surface area contributed by atoms with Crippen LogP contribution in [0.25, 0.3) is 16.6 Å². The van der Waals surface area contributed by atoms with E-state index in [0.717, 1.165) is 11.8 Å². The molecule has 0 bridgehead atoms. The van der Waals surface area contributed by atoms with Gasteiger partial charge in [-0.15, -0.1) is 0 Å². The maximum absolute atomic E-state index is 13.4. The molecular weight excluding hydrogens is 526 g/mol. The molecule has 3 N–H and O–H groups in total. The summed E-state index contributed by atoms with van der Waals surface area (Å²) in [5, 5.41) is 7.58. The highest BCUT2D eigenvalue weighted by molar-refractivity contribution is 8.00. The molecule has 4 aromatic rings. The molecule has 3 aromatic carbocycles. The fourth-order valence-corrected chi connectivity index (χ4v) is 4.82. The normalized spacial score (nSPS) is 12.5. The summed E-state index contributed by atoms with van der Waals surface area (Å²) in [7, 11) is -3.87. The fourth-order valence-electron chi connectivity index (χ4n) is 3.38. The third-order valence-corrected chi connectivity index (χ3v) is 7.15. The molecule has 9 nitrogen and oxygen atoms in total. The molecule has 37 heavy (non-hydrogen) atoms. The second-order valence-corrected chi connectivity index (χ2v) is 10.6. The van der Waals surface area contributed by atoms with Gasteiger partial charge in [-0.1, -0.05) is 23.9 Å². The van der Waals surface area contributed by atoms with Crippen molar-refractivity contribution in [2.24, 2.45) is 5.14 Å². The molecule has 0 fully saturated rings. The van der Waals surface area contributed by atoms with Crippen LogP contribution in [-0.4, -0.2) is 35.7 Å². The maximum atomic E-state index is 13.4. The first-order valence-electron chi connectivity index (χ1n) is 10.7. The van der Waals surface area contributed by atoms with Crippen LogP contribution in [0.4, 0.5) is 14.5 Å². The number of fused-ring (bicyclic) bond motifs is 1. The van der Waals surface area contributed by atoms with Crippen LogP contribution in [0.15, 0.2) is 87.6 Å². The second-order valence-electron chi connectivity index (χ2n) is 7.74. The first-order chi connectivity index (χ1) is 17.5. The summed E-state index contributed by atoms with van der Waals surface area (Å²) in [6.07, 6.45) is 0. The predicted molar refractivity (Wildman–Crippen MR) is 136 cm³/mol. The van der Waals surface area contributed by atoms with E-state index in [4.69, 9.17) is 5.14 Å². The van der Waals surface area contributed by atoms with Crippen LogP contribution in [0.3, 0.4) is 0 Å². The number of primary sulfonamides is 1. The molecule has 1 heterocycles. The Morgan fingerprint density at radius 2 is 1.70 bits per heavy atom. The molecule has 192 valence electrons. The van der Waals surface area contributed by atoms with E-state index < -0.39 is 33.4 Å². The lowest BCUT2D eigenvalue weighted by molar-refractivity contribution is -0.115. The average molecular weight is 547 g/mol. The number of nitrogens with two attached hydrogens (primary N) is 1. The number of sulfonamides is 1. The van der Waals surface area contributed by atoms with Crippen LogP contribution >= 0.6 is 11.8 Å². The van der Waals surface area contributed by atoms with Crippen molar-refractivity contribution >= 4 is 44.3 Å². The molecule has 0 saturated heterocycles. The molecule has 0 saturated carbocycles. The van der Waals surface area contributed by atoms with E-state index in [0.29, 0.717) is 22.3 Å². The van der Waals surface area contributed by atoms with Gasteiger partial charge in [-0.05, 0) is 67.6 Å². The standard InChI is InChI=1S/C24H20F2N4O5S2/c1-14(21(31)28-15-6-12-18(13-7-15)37(27,33)34)36-24-29-20-5-3-2-4-19(20)22(32)30(24)16-8-10-17(11-9-16)35-23(25)26/h2-14,23H,1H3,(H,28,31)(H2,27,33,34)/t14-/m0/s1. The van der Waals surface area contributed by atoms with Crippen molar-refractivity contribution in [2.75, 3.05) is 5.32 Å². The van der Waals surface area contributed by atoms with Crippen LogP contribution in [0.1, 0.15) is 6.92 Å². The number of nitrogens with one attached hydrogen (secondary N) is 1. The van der Waals surface area contributed by atoms with Crippen molar-refractivity contribution in [3.8, 4) is 11.4 Å². The minimum atomic E-state index is -3.87. The number of carbonyl (C=O) groups excluding carboxylic acids is 1. The molecule has 0 aliphatic heterocycles. The number of benzene rings is 3. The number of amides is 1. The molecule has 0 unspecified atom stereocenters. The highest BCUT2D eigenvalue weighted by atomic mass is 32.2. The molecule has 13 heteroatoms. The summed E-state index contributed by atoms with van der Waals surface area (Å²) >= 11 is 1.02. The van der Waals surface area contributed by atoms with E-state index in [1.807, 2.05) is 0 Å². The Balaban J connectivity index is 1.64. The molecule has 0 spiro atoms. The lowest BCUT2D eigenvalue weighted by Gasteiger charge is -2.17. The highest BCUT2D eigenvalue weighted by Crippen LogP contribution is 2.27. The molecule has 0 aliphatic rings. The molecule has 0 radical (unpaired) electrons. The number of thioether (sulfide) groups is 1. The summed E-state index contributed by atoms with van der Waals surface area (Å²) < 4.78 is 53.6. The van der Waals surface area contributed by atoms with Gasteiger partial charge >= 0.3 is 6.61 Å². The Bertz CT molecular complexity index is 1610. The SMILES string of the molecule is C[C@H](Sc1nc2ccccc2c(=O)n1-c1ccc(OC(F)F)cc1)C(=O)Nc1ccc(S(N)(=O)=O)cc1. The van der Waals surface area contributed by atoms with Crippen molar-refractivity contribution in [3.05, 3.63) is 83.2 Å². The lowest BCUT2D eigenvalue weighted by atomic mass is 10.2. The largest absolute Gasteiger partial charge is 0.435 e. The number of ether oxygens (including phenoxy) is 1. The minimum absolute atomic E-state index is 0.0732. The number of anilines is 1. The van der Waals surface area contributed by atoms with E-state index in [1.165, 1.54) is 53.1 Å². The van der Waals surface area contributed by atoms with Gasteiger partial charge in [0.1, 0.15) is 5.75 Å². The Kier molecular flexibility index (Phi) is 7.57. The van der Waals surface area contributed by atoms with Crippen molar-refractivity contribution in [1.29, 1.82) is 0 Å². The second kappa shape index (κ2) is 10.7. The quantitative estimate of drug-likeness (QED) is 0.254. The summed E-state index contributed by atoms with van der Waals surface area (Å²) in [4.78, 5) is 30.7. The summed E-state index contributed by atoms with van der Waals surface area (Å²) in [5.74, 6) is -0.501. The molecule has 1 amide bonds. The smallest absolute Gasteiger partial charge is 0.387 e. The molecular formula is C24H20F2N4O5S2. The van der Waals surface area contributed by atoms with Gasteiger partial charge in [0, 0.05) is 5.69 Å². The number of para-hydroxylation sites is 1. The Morgan fingerprint density at radius 3 is 2.32 bits per heavy atom. The summed E-state index contributed by atoms with van der Waals surface area (Å²) in [6, 6.07) is 17.6. The number of hydrogen-bond acceptors (Lipinski definition) is 7. The zero-order chi connectivity index (χ0) is 26.7. The first-order valence-corrected chi connectivity index (χ1v) is 13.1. The maximum Gasteiger partial charge on any atom is 0.387 e. The van der Waals surface area contributed by atoms with Gasteiger partial charge in [0.15, 0.2) is 5.16 Å². The van der Waals surface area contributed by atoms with Crippen LogP contribution in [0, 0.1) is 0 Å². The number of nitrogens with zero attached hydrogens (tertiary/aromatic N) is 2. The van der Waals surface area contributed by atoms with Gasteiger partial charge in [0.25, 0.3) is 5.56 Å². The molecule has 0 aliphatic carbocycles. The summed E-state index contributed by atoms with van der Waals surface area (Å²) in [5.41, 5.74) is 0.721. The first kappa shape index (κ1) is 26.3. The lowest BCUT2D eigenvalue weighted by Crippen LogP contribution is -2.26. The van der Waals surface area contributed by atoms with Gasteiger partial charge in [-0.25, -0.2) is 18.5 Å². The number of alkyl halides is 2. The topological polar surface area (TPSA) is 133 Å². The van der Waals surface area contributed by atoms with E-state index in [9.17, 15) is 26.8 Å².